The molecule has 0 atom stereocenters. The van der Waals surface area contributed by atoms with Crippen molar-refractivity contribution in [1.82, 2.24) is 20.2 Å². The lowest BCUT2D eigenvalue weighted by atomic mass is 10.2. The van der Waals surface area contributed by atoms with Crippen molar-refractivity contribution < 1.29 is 9.34 Å². The Morgan fingerprint density at radius 3 is 2.77 bits per heavy atom. The van der Waals surface area contributed by atoms with Crippen LogP contribution in [0.5, 0.6) is 0 Å². The highest BCUT2D eigenvalue weighted by Crippen LogP contribution is 2.22. The minimum atomic E-state index is -0.416. The van der Waals surface area contributed by atoms with E-state index in [9.17, 15) is 10.1 Å². The normalized spacial score (nSPS) is 10.7. The van der Waals surface area contributed by atoms with Crippen molar-refractivity contribution in [2.75, 3.05) is 0 Å². The number of hydrogen-bond donors (Lipinski definition) is 0. The lowest BCUT2D eigenvalue weighted by molar-refractivity contribution is -0.384. The zero-order chi connectivity index (χ0) is 15.4. The molecule has 22 heavy (non-hydrogen) atoms. The van der Waals surface area contributed by atoms with E-state index in [-0.39, 0.29) is 5.69 Å². The van der Waals surface area contributed by atoms with Gasteiger partial charge in [0.2, 0.25) is 5.16 Å². The summed E-state index contributed by atoms with van der Waals surface area (Å²) in [6.07, 6.45) is 1.60. The highest BCUT2D eigenvalue weighted by atomic mass is 32.2. The number of furan rings is 1. The van der Waals surface area contributed by atoms with Crippen LogP contribution in [-0.2, 0) is 12.3 Å². The Bertz CT molecular complexity index is 754. The fourth-order valence-electron chi connectivity index (χ4n) is 1.81. The summed E-state index contributed by atoms with van der Waals surface area (Å²) >= 11 is 1.46. The summed E-state index contributed by atoms with van der Waals surface area (Å²) in [5.41, 5.74) is 1.04. The minimum Gasteiger partial charge on any atom is -0.467 e. The van der Waals surface area contributed by atoms with Gasteiger partial charge in [0.25, 0.3) is 5.69 Å². The molecule has 0 fully saturated rings. The molecule has 0 aliphatic rings. The zero-order valence-corrected chi connectivity index (χ0v) is 12.1. The Morgan fingerprint density at radius 2 is 2.09 bits per heavy atom. The van der Waals surface area contributed by atoms with E-state index in [4.69, 9.17) is 4.42 Å². The zero-order valence-electron chi connectivity index (χ0n) is 11.3. The van der Waals surface area contributed by atoms with Crippen LogP contribution < -0.4 is 0 Å². The molecule has 2 heterocycles. The highest BCUT2D eigenvalue weighted by molar-refractivity contribution is 7.98. The predicted molar refractivity (Wildman–Crippen MR) is 78.3 cm³/mol. The van der Waals surface area contributed by atoms with Gasteiger partial charge >= 0.3 is 0 Å². The maximum atomic E-state index is 10.6. The molecule has 9 heteroatoms. The molecule has 1 aromatic carbocycles. The molecule has 0 aliphatic heterocycles. The van der Waals surface area contributed by atoms with Gasteiger partial charge in [0.15, 0.2) is 0 Å². The topological polar surface area (TPSA) is 99.9 Å². The molecule has 0 spiro atoms. The van der Waals surface area contributed by atoms with Crippen LogP contribution >= 0.6 is 11.8 Å². The van der Waals surface area contributed by atoms with Gasteiger partial charge in [0, 0.05) is 17.9 Å². The quantitative estimate of drug-likeness (QED) is 0.391. The first-order valence-corrected chi connectivity index (χ1v) is 7.35. The van der Waals surface area contributed by atoms with Crippen LogP contribution in [0.3, 0.4) is 0 Å². The standard InChI is InChI=1S/C13H11N5O3S/c19-18(20)11-5-3-10(4-6-11)9-22-13-14-15-16-17(13)8-12-2-1-7-21-12/h1-7H,8-9H2. The molecule has 0 bridgehead atoms. The second kappa shape index (κ2) is 6.39. The van der Waals surface area contributed by atoms with Crippen LogP contribution in [0.15, 0.2) is 52.2 Å². The molecule has 0 unspecified atom stereocenters. The number of rotatable bonds is 6. The van der Waals surface area contributed by atoms with Crippen molar-refractivity contribution in [3.63, 3.8) is 0 Å². The molecular weight excluding hydrogens is 306 g/mol. The Morgan fingerprint density at radius 1 is 1.27 bits per heavy atom. The first kappa shape index (κ1) is 14.3. The molecule has 8 nitrogen and oxygen atoms in total. The molecule has 3 rings (SSSR count). The number of tetrazole rings is 1. The van der Waals surface area contributed by atoms with Gasteiger partial charge in [-0.2, -0.15) is 0 Å². The number of thioether (sulfide) groups is 1. The van der Waals surface area contributed by atoms with Gasteiger partial charge < -0.3 is 4.42 Å². The van der Waals surface area contributed by atoms with E-state index in [1.807, 2.05) is 12.1 Å². The van der Waals surface area contributed by atoms with Crippen molar-refractivity contribution in [1.29, 1.82) is 0 Å². The maximum Gasteiger partial charge on any atom is 0.269 e. The summed E-state index contributed by atoms with van der Waals surface area (Å²) < 4.78 is 6.92. The number of nitro benzene ring substituents is 1. The van der Waals surface area contributed by atoms with Crippen molar-refractivity contribution in [3.8, 4) is 0 Å². The van der Waals surface area contributed by atoms with E-state index in [1.165, 1.54) is 23.9 Å². The molecule has 0 saturated carbocycles. The van der Waals surface area contributed by atoms with E-state index in [1.54, 1.807) is 23.1 Å². The van der Waals surface area contributed by atoms with Gasteiger partial charge in [0.1, 0.15) is 12.3 Å². The third-order valence-corrected chi connectivity index (χ3v) is 3.93. The van der Waals surface area contributed by atoms with E-state index >= 15 is 0 Å². The van der Waals surface area contributed by atoms with Crippen molar-refractivity contribution in [2.45, 2.75) is 17.5 Å². The summed E-state index contributed by atoms with van der Waals surface area (Å²) in [6, 6.07) is 10.1. The van der Waals surface area contributed by atoms with Gasteiger partial charge in [0.05, 0.1) is 11.2 Å². The molecule has 0 amide bonds. The first-order chi connectivity index (χ1) is 10.7. The number of nitro groups is 1. The number of nitrogens with zero attached hydrogens (tertiary/aromatic N) is 5. The average Bonchev–Trinajstić information content (AvgIpc) is 3.18. The first-order valence-electron chi connectivity index (χ1n) is 6.37. The Kier molecular flexibility index (Phi) is 4.15. The fraction of sp³-hybridized carbons (Fsp3) is 0.154. The number of non-ortho nitro benzene ring substituents is 1. The maximum absolute atomic E-state index is 10.6. The summed E-state index contributed by atoms with van der Waals surface area (Å²) in [6.45, 7) is 0.461. The lowest BCUT2D eigenvalue weighted by Crippen LogP contribution is -2.03. The third kappa shape index (κ3) is 3.31. The number of aromatic nitrogens is 4. The molecule has 2 aromatic heterocycles. The summed E-state index contributed by atoms with van der Waals surface area (Å²) in [7, 11) is 0. The summed E-state index contributed by atoms with van der Waals surface area (Å²) in [4.78, 5) is 10.2. The van der Waals surface area contributed by atoms with Gasteiger partial charge in [-0.05, 0) is 28.1 Å². The van der Waals surface area contributed by atoms with E-state index < -0.39 is 4.92 Å². The lowest BCUT2D eigenvalue weighted by Gasteiger charge is -2.02. The highest BCUT2D eigenvalue weighted by Gasteiger charge is 2.10. The average molecular weight is 317 g/mol. The van der Waals surface area contributed by atoms with Gasteiger partial charge in [-0.15, -0.1) is 5.10 Å². The molecule has 0 N–H and O–H groups in total. The number of hydrogen-bond acceptors (Lipinski definition) is 7. The predicted octanol–water partition coefficient (Wildman–Crippen LogP) is 2.51. The van der Waals surface area contributed by atoms with Crippen molar-refractivity contribution in [2.24, 2.45) is 0 Å². The van der Waals surface area contributed by atoms with Gasteiger partial charge in [-0.3, -0.25) is 10.1 Å². The Hall–Kier alpha value is -2.68. The van der Waals surface area contributed by atoms with Gasteiger partial charge in [-0.1, -0.05) is 23.9 Å². The van der Waals surface area contributed by atoms with Crippen LogP contribution in [-0.4, -0.2) is 25.1 Å². The fourth-order valence-corrected chi connectivity index (χ4v) is 2.64. The summed E-state index contributed by atoms with van der Waals surface area (Å²) in [5, 5.41) is 22.8. The van der Waals surface area contributed by atoms with Crippen molar-refractivity contribution in [3.05, 3.63) is 64.1 Å². The van der Waals surface area contributed by atoms with Gasteiger partial charge in [-0.25, -0.2) is 4.68 Å². The van der Waals surface area contributed by atoms with Crippen LogP contribution in [0.4, 0.5) is 5.69 Å². The van der Waals surface area contributed by atoms with Crippen LogP contribution in [0, 0.1) is 10.1 Å². The smallest absolute Gasteiger partial charge is 0.269 e. The van der Waals surface area contributed by atoms with E-state index in [2.05, 4.69) is 15.5 Å². The molecule has 3 aromatic rings. The van der Waals surface area contributed by atoms with E-state index in [0.29, 0.717) is 17.5 Å². The van der Waals surface area contributed by atoms with Crippen LogP contribution in [0.1, 0.15) is 11.3 Å². The number of benzene rings is 1. The minimum absolute atomic E-state index is 0.0800. The Labute approximate surface area is 129 Å². The molecule has 0 radical (unpaired) electrons. The molecular formula is C13H11N5O3S. The van der Waals surface area contributed by atoms with Crippen LogP contribution in [0.2, 0.25) is 0 Å². The molecule has 0 saturated heterocycles. The summed E-state index contributed by atoms with van der Waals surface area (Å²) in [5.74, 6) is 1.39. The van der Waals surface area contributed by atoms with E-state index in [0.717, 1.165) is 11.3 Å². The second-order valence-corrected chi connectivity index (χ2v) is 5.35. The largest absolute Gasteiger partial charge is 0.467 e. The molecule has 0 aliphatic carbocycles. The van der Waals surface area contributed by atoms with Crippen molar-refractivity contribution >= 4 is 17.4 Å². The molecule has 112 valence electrons. The Balaban J connectivity index is 1.64. The van der Waals surface area contributed by atoms with Crippen LogP contribution in [0.25, 0.3) is 0 Å². The second-order valence-electron chi connectivity index (χ2n) is 4.41. The third-order valence-electron chi connectivity index (χ3n) is 2.90. The monoisotopic (exact) mass is 317 g/mol. The SMILES string of the molecule is O=[N+]([O-])c1ccc(CSc2nnnn2Cc2ccco2)cc1.